The first-order valence-corrected chi connectivity index (χ1v) is 9.82. The number of H-pyrrole nitrogens is 1. The Hall–Kier alpha value is -2.92. The molecule has 5 heteroatoms. The lowest BCUT2D eigenvalue weighted by molar-refractivity contribution is -0.112. The van der Waals surface area contributed by atoms with Crippen molar-refractivity contribution in [2.45, 2.75) is 39.0 Å². The summed E-state index contributed by atoms with van der Waals surface area (Å²) in [5, 5.41) is 7.24. The second-order valence-electron chi connectivity index (χ2n) is 7.19. The van der Waals surface area contributed by atoms with Crippen LogP contribution in [0.2, 0.25) is 0 Å². The van der Waals surface area contributed by atoms with Crippen molar-refractivity contribution >= 4 is 6.29 Å². The summed E-state index contributed by atoms with van der Waals surface area (Å²) in [5.41, 5.74) is 5.37. The molecule has 0 saturated carbocycles. The van der Waals surface area contributed by atoms with Crippen LogP contribution < -0.4 is 4.74 Å². The fourth-order valence-corrected chi connectivity index (χ4v) is 3.79. The van der Waals surface area contributed by atoms with Gasteiger partial charge in [0.15, 0.2) is 0 Å². The van der Waals surface area contributed by atoms with E-state index in [2.05, 4.69) is 40.2 Å². The largest absolute Gasteiger partial charge is 0.489 e. The van der Waals surface area contributed by atoms with Crippen molar-refractivity contribution in [3.63, 3.8) is 0 Å². The monoisotopic (exact) mass is 375 g/mol. The highest BCUT2D eigenvalue weighted by Crippen LogP contribution is 2.35. The van der Waals surface area contributed by atoms with Crippen molar-refractivity contribution in [2.24, 2.45) is 0 Å². The second-order valence-corrected chi connectivity index (χ2v) is 7.19. The molecule has 1 unspecified atom stereocenters. The number of benzene rings is 2. The zero-order valence-corrected chi connectivity index (χ0v) is 16.1. The summed E-state index contributed by atoms with van der Waals surface area (Å²) < 4.78 is 6.06. The van der Waals surface area contributed by atoms with E-state index in [-0.39, 0.29) is 6.04 Å². The van der Waals surface area contributed by atoms with Gasteiger partial charge in [-0.05, 0) is 41.8 Å². The first-order valence-electron chi connectivity index (χ1n) is 9.82. The average molecular weight is 375 g/mol. The van der Waals surface area contributed by atoms with Crippen LogP contribution in [-0.2, 0) is 17.9 Å². The van der Waals surface area contributed by atoms with Crippen molar-refractivity contribution in [2.75, 3.05) is 6.54 Å². The van der Waals surface area contributed by atoms with Gasteiger partial charge in [0.1, 0.15) is 18.6 Å². The van der Waals surface area contributed by atoms with Crippen LogP contribution in [-0.4, -0.2) is 27.9 Å². The summed E-state index contributed by atoms with van der Waals surface area (Å²) in [6, 6.07) is 16.0. The maximum Gasteiger partial charge on any atom is 0.141 e. The number of hydrogen-bond donors (Lipinski definition) is 1. The molecule has 2 aromatic carbocycles. The third-order valence-electron chi connectivity index (χ3n) is 5.30. The Labute approximate surface area is 165 Å². The number of ether oxygens (including phenoxy) is 1. The number of aromatic amines is 1. The van der Waals surface area contributed by atoms with Gasteiger partial charge in [0.2, 0.25) is 0 Å². The Balaban J connectivity index is 1.47. The number of carbonyl (C=O) groups excluding carboxylic acids is 1. The Morgan fingerprint density at radius 2 is 2.11 bits per heavy atom. The molecule has 0 amide bonds. The molecule has 0 bridgehead atoms. The first-order chi connectivity index (χ1) is 13.8. The number of aldehydes is 1. The van der Waals surface area contributed by atoms with Crippen LogP contribution in [0.5, 0.6) is 5.75 Å². The van der Waals surface area contributed by atoms with Gasteiger partial charge in [-0.1, -0.05) is 49.7 Å². The van der Waals surface area contributed by atoms with Crippen LogP contribution >= 0.6 is 0 Å². The molecule has 1 aliphatic heterocycles. The number of aromatic nitrogens is 2. The van der Waals surface area contributed by atoms with Crippen molar-refractivity contribution < 1.29 is 9.53 Å². The van der Waals surface area contributed by atoms with Gasteiger partial charge in [0, 0.05) is 12.1 Å². The number of nitrogens with zero attached hydrogens (tertiary/aromatic N) is 2. The van der Waals surface area contributed by atoms with E-state index in [0.29, 0.717) is 6.61 Å². The summed E-state index contributed by atoms with van der Waals surface area (Å²) in [6.07, 6.45) is 5.09. The Kier molecular flexibility index (Phi) is 5.53. The molecule has 4 rings (SSSR count). The standard InChI is InChI=1S/C23H25N3O2/c1-2-3-11-26-14-18-12-20(9-10-21(18)22(26)15-27)28-16-19-13-24-25-23(19)17-7-5-4-6-8-17/h4-10,12-13,15,22H,2-3,11,14,16H2,1H3,(H,24,25). The molecule has 0 radical (unpaired) electrons. The quantitative estimate of drug-likeness (QED) is 0.589. The predicted octanol–water partition coefficient (Wildman–Crippen LogP) is 4.51. The molecule has 0 fully saturated rings. The van der Waals surface area contributed by atoms with E-state index in [9.17, 15) is 4.79 Å². The predicted molar refractivity (Wildman–Crippen MR) is 109 cm³/mol. The molecule has 5 nitrogen and oxygen atoms in total. The summed E-state index contributed by atoms with van der Waals surface area (Å²) in [6.45, 7) is 4.36. The topological polar surface area (TPSA) is 58.2 Å². The molecule has 28 heavy (non-hydrogen) atoms. The van der Waals surface area contributed by atoms with Crippen LogP contribution in [0.15, 0.2) is 54.7 Å². The normalized spacial score (nSPS) is 16.1. The Morgan fingerprint density at radius 3 is 2.89 bits per heavy atom. The molecule has 0 saturated heterocycles. The summed E-state index contributed by atoms with van der Waals surface area (Å²) in [5.74, 6) is 0.820. The van der Waals surface area contributed by atoms with E-state index >= 15 is 0 Å². The molecule has 1 aliphatic rings. The maximum atomic E-state index is 11.6. The smallest absolute Gasteiger partial charge is 0.141 e. The van der Waals surface area contributed by atoms with Gasteiger partial charge in [-0.3, -0.25) is 10.00 Å². The van der Waals surface area contributed by atoms with E-state index in [4.69, 9.17) is 4.74 Å². The average Bonchev–Trinajstić information content (AvgIpc) is 3.34. The third kappa shape index (κ3) is 3.71. The Bertz CT molecular complexity index is 936. The first kappa shape index (κ1) is 18.4. The van der Waals surface area contributed by atoms with E-state index in [1.165, 1.54) is 5.56 Å². The van der Waals surface area contributed by atoms with Crippen LogP contribution in [0.3, 0.4) is 0 Å². The van der Waals surface area contributed by atoms with E-state index in [0.717, 1.165) is 60.4 Å². The van der Waals surface area contributed by atoms with Gasteiger partial charge in [0.25, 0.3) is 0 Å². The summed E-state index contributed by atoms with van der Waals surface area (Å²) in [7, 11) is 0. The van der Waals surface area contributed by atoms with Crippen molar-refractivity contribution in [1.82, 2.24) is 15.1 Å². The highest BCUT2D eigenvalue weighted by atomic mass is 16.5. The van der Waals surface area contributed by atoms with Gasteiger partial charge < -0.3 is 9.53 Å². The van der Waals surface area contributed by atoms with Crippen LogP contribution in [0.1, 0.15) is 42.5 Å². The summed E-state index contributed by atoms with van der Waals surface area (Å²) >= 11 is 0. The number of hydrogen-bond acceptors (Lipinski definition) is 4. The minimum atomic E-state index is -0.130. The second kappa shape index (κ2) is 8.40. The lowest BCUT2D eigenvalue weighted by atomic mass is 10.1. The van der Waals surface area contributed by atoms with E-state index in [1.54, 1.807) is 0 Å². The van der Waals surface area contributed by atoms with Gasteiger partial charge >= 0.3 is 0 Å². The fourth-order valence-electron chi connectivity index (χ4n) is 3.79. The van der Waals surface area contributed by atoms with E-state index < -0.39 is 0 Å². The molecule has 1 N–H and O–H groups in total. The third-order valence-corrected chi connectivity index (χ3v) is 5.30. The number of rotatable bonds is 8. The zero-order valence-electron chi connectivity index (χ0n) is 16.1. The van der Waals surface area contributed by atoms with Crippen LogP contribution in [0, 0.1) is 0 Å². The van der Waals surface area contributed by atoms with Gasteiger partial charge in [-0.25, -0.2) is 0 Å². The van der Waals surface area contributed by atoms with Gasteiger partial charge in [-0.15, -0.1) is 0 Å². The zero-order chi connectivity index (χ0) is 19.3. The fraction of sp³-hybridized carbons (Fsp3) is 0.304. The molecular weight excluding hydrogens is 350 g/mol. The van der Waals surface area contributed by atoms with Gasteiger partial charge in [0.05, 0.1) is 17.9 Å². The molecule has 1 aromatic heterocycles. The van der Waals surface area contributed by atoms with Gasteiger partial charge in [-0.2, -0.15) is 5.10 Å². The lowest BCUT2D eigenvalue weighted by Gasteiger charge is -2.19. The molecule has 1 atom stereocenters. The number of nitrogens with one attached hydrogen (secondary N) is 1. The van der Waals surface area contributed by atoms with Crippen LogP contribution in [0.4, 0.5) is 0 Å². The molecule has 2 heterocycles. The minimum Gasteiger partial charge on any atom is -0.489 e. The molecule has 0 aliphatic carbocycles. The summed E-state index contributed by atoms with van der Waals surface area (Å²) in [4.78, 5) is 13.8. The number of unbranched alkanes of at least 4 members (excludes halogenated alkanes) is 1. The van der Waals surface area contributed by atoms with Crippen molar-refractivity contribution in [3.05, 3.63) is 71.4 Å². The Morgan fingerprint density at radius 1 is 1.25 bits per heavy atom. The van der Waals surface area contributed by atoms with Crippen LogP contribution in [0.25, 0.3) is 11.3 Å². The SMILES string of the molecule is CCCCN1Cc2cc(OCc3cn[nH]c3-c3ccccc3)ccc2C1C=O. The lowest BCUT2D eigenvalue weighted by Crippen LogP contribution is -2.24. The number of carbonyl (C=O) groups is 1. The maximum absolute atomic E-state index is 11.6. The van der Waals surface area contributed by atoms with E-state index in [1.807, 2.05) is 36.5 Å². The molecule has 3 aromatic rings. The molecule has 144 valence electrons. The highest BCUT2D eigenvalue weighted by molar-refractivity contribution is 5.65. The number of fused-ring (bicyclic) bond motifs is 1. The highest BCUT2D eigenvalue weighted by Gasteiger charge is 2.29. The van der Waals surface area contributed by atoms with Crippen molar-refractivity contribution in [3.8, 4) is 17.0 Å². The molecule has 0 spiro atoms. The molecular formula is C23H25N3O2. The van der Waals surface area contributed by atoms with Crippen molar-refractivity contribution in [1.29, 1.82) is 0 Å². The minimum absolute atomic E-state index is 0.130.